The van der Waals surface area contributed by atoms with E-state index in [0.29, 0.717) is 5.75 Å². The highest BCUT2D eigenvalue weighted by Gasteiger charge is 2.16. The first-order valence-electron chi connectivity index (χ1n) is 8.40. The van der Waals surface area contributed by atoms with Crippen LogP contribution in [0.4, 0.5) is 0 Å². The van der Waals surface area contributed by atoms with Gasteiger partial charge in [0.1, 0.15) is 5.75 Å². The van der Waals surface area contributed by atoms with Crippen molar-refractivity contribution in [3.05, 3.63) is 65.9 Å². The third-order valence-electron chi connectivity index (χ3n) is 4.02. The van der Waals surface area contributed by atoms with E-state index in [1.165, 1.54) is 0 Å². The van der Waals surface area contributed by atoms with Crippen LogP contribution in [0.5, 0.6) is 5.75 Å². The highest BCUT2D eigenvalue weighted by Crippen LogP contribution is 2.18. The Morgan fingerprint density at radius 1 is 1.12 bits per heavy atom. The van der Waals surface area contributed by atoms with Gasteiger partial charge in [0.05, 0.1) is 6.42 Å². The Kier molecular flexibility index (Phi) is 5.22. The lowest BCUT2D eigenvalue weighted by Gasteiger charge is -2.15. The maximum Gasteiger partial charge on any atom is 0.279 e. The van der Waals surface area contributed by atoms with Crippen molar-refractivity contribution in [2.75, 3.05) is 0 Å². The maximum absolute atomic E-state index is 12.1. The van der Waals surface area contributed by atoms with Gasteiger partial charge in [-0.2, -0.15) is 0 Å². The summed E-state index contributed by atoms with van der Waals surface area (Å²) in [5.41, 5.74) is 7.72. The van der Waals surface area contributed by atoms with E-state index in [4.69, 9.17) is 4.74 Å². The van der Waals surface area contributed by atoms with Crippen molar-refractivity contribution in [3.8, 4) is 5.75 Å². The lowest BCUT2D eigenvalue weighted by molar-refractivity contribution is -0.132. The largest absolute Gasteiger partial charge is 0.481 e. The second kappa shape index (κ2) is 7.74. The van der Waals surface area contributed by atoms with E-state index in [1.54, 1.807) is 19.2 Å². The van der Waals surface area contributed by atoms with Gasteiger partial charge >= 0.3 is 0 Å². The number of carbonyl (C=O) groups excluding carboxylic acids is 2. The van der Waals surface area contributed by atoms with Gasteiger partial charge in [-0.3, -0.25) is 20.4 Å². The molecule has 0 radical (unpaired) electrons. The molecule has 0 aliphatic heterocycles. The average Bonchev–Trinajstić information content (AvgIpc) is 3.02. The topological polar surface area (TPSA) is 83.2 Å². The van der Waals surface area contributed by atoms with Crippen LogP contribution in [-0.2, 0) is 16.0 Å². The minimum atomic E-state index is -0.731. The Morgan fingerprint density at radius 2 is 1.92 bits per heavy atom. The third-order valence-corrected chi connectivity index (χ3v) is 4.02. The molecular formula is C20H21N3O3. The summed E-state index contributed by atoms with van der Waals surface area (Å²) in [4.78, 5) is 27.3. The predicted molar refractivity (Wildman–Crippen MR) is 99.6 cm³/mol. The van der Waals surface area contributed by atoms with Crippen LogP contribution < -0.4 is 15.6 Å². The molecule has 0 spiro atoms. The SMILES string of the molecule is Cc1cccc(OC(C)C(=O)NNC(=O)Cc2c[nH]c3ccccc23)c1. The van der Waals surface area contributed by atoms with Crippen molar-refractivity contribution in [2.24, 2.45) is 0 Å². The first-order valence-corrected chi connectivity index (χ1v) is 8.40. The van der Waals surface area contributed by atoms with E-state index < -0.39 is 12.0 Å². The fourth-order valence-corrected chi connectivity index (χ4v) is 2.67. The molecular weight excluding hydrogens is 330 g/mol. The number of aromatic nitrogens is 1. The van der Waals surface area contributed by atoms with Crippen LogP contribution in [0.25, 0.3) is 10.9 Å². The molecule has 0 saturated carbocycles. The summed E-state index contributed by atoms with van der Waals surface area (Å²) in [6.45, 7) is 3.58. The number of aromatic amines is 1. The van der Waals surface area contributed by atoms with Crippen molar-refractivity contribution in [1.82, 2.24) is 15.8 Å². The van der Waals surface area contributed by atoms with Crippen LogP contribution in [0.1, 0.15) is 18.1 Å². The van der Waals surface area contributed by atoms with Crippen molar-refractivity contribution in [2.45, 2.75) is 26.4 Å². The lowest BCUT2D eigenvalue weighted by Crippen LogP contribution is -2.47. The van der Waals surface area contributed by atoms with Gasteiger partial charge in [-0.1, -0.05) is 30.3 Å². The molecule has 0 saturated heterocycles. The van der Waals surface area contributed by atoms with Crippen LogP contribution in [0.3, 0.4) is 0 Å². The first-order chi connectivity index (χ1) is 12.5. The standard InChI is InChI=1S/C20H21N3O3/c1-13-6-5-7-16(10-13)26-14(2)20(25)23-22-19(24)11-15-12-21-18-9-4-3-8-17(15)18/h3-10,12,14,21H,11H2,1-2H3,(H,22,24)(H,23,25). The molecule has 1 atom stereocenters. The average molecular weight is 351 g/mol. The number of benzene rings is 2. The van der Waals surface area contributed by atoms with Crippen molar-refractivity contribution < 1.29 is 14.3 Å². The molecule has 0 aliphatic carbocycles. The molecule has 134 valence electrons. The number of hydrogen-bond acceptors (Lipinski definition) is 3. The number of hydrogen-bond donors (Lipinski definition) is 3. The van der Waals surface area contributed by atoms with Crippen molar-refractivity contribution in [1.29, 1.82) is 0 Å². The lowest BCUT2D eigenvalue weighted by atomic mass is 10.1. The van der Waals surface area contributed by atoms with E-state index in [9.17, 15) is 9.59 Å². The molecule has 3 N–H and O–H groups in total. The maximum atomic E-state index is 12.1. The zero-order valence-corrected chi connectivity index (χ0v) is 14.7. The monoisotopic (exact) mass is 351 g/mol. The summed E-state index contributed by atoms with van der Waals surface area (Å²) in [6.07, 6.45) is 1.23. The van der Waals surface area contributed by atoms with Gasteiger partial charge in [-0.05, 0) is 43.2 Å². The van der Waals surface area contributed by atoms with Crippen LogP contribution in [0.2, 0.25) is 0 Å². The van der Waals surface area contributed by atoms with Crippen LogP contribution >= 0.6 is 0 Å². The van der Waals surface area contributed by atoms with E-state index in [0.717, 1.165) is 22.0 Å². The number of ether oxygens (including phenoxy) is 1. The Hall–Kier alpha value is -3.28. The van der Waals surface area contributed by atoms with Crippen molar-refractivity contribution in [3.63, 3.8) is 0 Å². The molecule has 2 aromatic carbocycles. The summed E-state index contributed by atoms with van der Waals surface area (Å²) >= 11 is 0. The number of carbonyl (C=O) groups is 2. The van der Waals surface area contributed by atoms with Gasteiger partial charge in [-0.15, -0.1) is 0 Å². The van der Waals surface area contributed by atoms with Crippen LogP contribution in [0.15, 0.2) is 54.7 Å². The number of nitrogens with one attached hydrogen (secondary N) is 3. The van der Waals surface area contributed by atoms with E-state index in [2.05, 4.69) is 15.8 Å². The minimum absolute atomic E-state index is 0.164. The molecule has 1 aromatic heterocycles. The zero-order valence-electron chi connectivity index (χ0n) is 14.7. The number of fused-ring (bicyclic) bond motifs is 1. The molecule has 1 unspecified atom stereocenters. The van der Waals surface area contributed by atoms with Crippen molar-refractivity contribution >= 4 is 22.7 Å². The zero-order chi connectivity index (χ0) is 18.5. The molecule has 6 nitrogen and oxygen atoms in total. The van der Waals surface area contributed by atoms with Gasteiger partial charge in [0.2, 0.25) is 5.91 Å². The minimum Gasteiger partial charge on any atom is -0.481 e. The number of amides is 2. The quantitative estimate of drug-likeness (QED) is 0.618. The van der Waals surface area contributed by atoms with Gasteiger partial charge in [0, 0.05) is 17.1 Å². The number of para-hydroxylation sites is 1. The molecule has 26 heavy (non-hydrogen) atoms. The normalized spacial score (nSPS) is 11.8. The molecule has 1 heterocycles. The first kappa shape index (κ1) is 17.5. The summed E-state index contributed by atoms with van der Waals surface area (Å²) < 4.78 is 5.58. The summed E-state index contributed by atoms with van der Waals surface area (Å²) in [5, 5.41) is 0.991. The van der Waals surface area contributed by atoms with E-state index >= 15 is 0 Å². The van der Waals surface area contributed by atoms with Crippen LogP contribution in [-0.4, -0.2) is 22.9 Å². The predicted octanol–water partition coefficient (Wildman–Crippen LogP) is 2.63. The fourth-order valence-electron chi connectivity index (χ4n) is 2.67. The Labute approximate surface area is 151 Å². The molecule has 0 fully saturated rings. The van der Waals surface area contributed by atoms with Gasteiger partial charge < -0.3 is 9.72 Å². The van der Waals surface area contributed by atoms with Gasteiger partial charge in [0.25, 0.3) is 5.91 Å². The van der Waals surface area contributed by atoms with E-state index in [-0.39, 0.29) is 12.3 Å². The number of rotatable bonds is 5. The van der Waals surface area contributed by atoms with Gasteiger partial charge in [0.15, 0.2) is 6.10 Å². The van der Waals surface area contributed by atoms with E-state index in [1.807, 2.05) is 49.4 Å². The highest BCUT2D eigenvalue weighted by molar-refractivity contribution is 5.90. The molecule has 3 aromatic rings. The number of hydrazine groups is 1. The third kappa shape index (κ3) is 4.22. The van der Waals surface area contributed by atoms with Gasteiger partial charge in [-0.25, -0.2) is 0 Å². The number of aryl methyl sites for hydroxylation is 1. The molecule has 3 rings (SSSR count). The Balaban J connectivity index is 1.51. The summed E-state index contributed by atoms with van der Waals surface area (Å²) in [5.74, 6) is -0.109. The highest BCUT2D eigenvalue weighted by atomic mass is 16.5. The second-order valence-corrected chi connectivity index (χ2v) is 6.15. The molecule has 6 heteroatoms. The fraction of sp³-hybridized carbons (Fsp3) is 0.200. The second-order valence-electron chi connectivity index (χ2n) is 6.15. The van der Waals surface area contributed by atoms with Crippen LogP contribution in [0, 0.1) is 6.92 Å². The Bertz CT molecular complexity index is 933. The summed E-state index contributed by atoms with van der Waals surface area (Å²) in [7, 11) is 0. The number of H-pyrrole nitrogens is 1. The summed E-state index contributed by atoms with van der Waals surface area (Å²) in [6, 6.07) is 15.2. The molecule has 2 amide bonds. The Morgan fingerprint density at radius 3 is 2.73 bits per heavy atom. The molecule has 0 bridgehead atoms. The smallest absolute Gasteiger partial charge is 0.279 e. The molecule has 0 aliphatic rings.